The molecule has 10 heteroatoms. The number of nitrogens with one attached hydrogen (secondary N) is 1. The Hall–Kier alpha value is -3.95. The van der Waals surface area contributed by atoms with Crippen LogP contribution in [0.25, 0.3) is 16.5 Å². The molecule has 0 radical (unpaired) electrons. The minimum Gasteiger partial charge on any atom is -0.406 e. The summed E-state index contributed by atoms with van der Waals surface area (Å²) in [4.78, 5) is 29.4. The molecule has 0 amide bonds. The Morgan fingerprint density at radius 1 is 1.03 bits per heavy atom. The van der Waals surface area contributed by atoms with Gasteiger partial charge in [0.2, 0.25) is 0 Å². The zero-order valence-corrected chi connectivity index (χ0v) is 16.1. The minimum absolute atomic E-state index is 0.164. The minimum atomic E-state index is -4.82. The van der Waals surface area contributed by atoms with E-state index in [1.807, 2.05) is 0 Å². The van der Waals surface area contributed by atoms with E-state index >= 15 is 0 Å². The van der Waals surface area contributed by atoms with Crippen LogP contribution < -0.4 is 15.6 Å². The third-order valence-corrected chi connectivity index (χ3v) is 4.50. The molecule has 0 unspecified atom stereocenters. The number of carbonyl (C=O) groups is 1. The molecule has 0 saturated carbocycles. The number of carbonyl (C=O) groups excluding carboxylic acids is 1. The number of allylic oxidation sites excluding steroid dienone is 1. The Labute approximate surface area is 173 Å². The number of hydrogen-bond donors (Lipinski definition) is 1. The number of ether oxygens (including phenoxy) is 1. The molecule has 0 atom stereocenters. The lowest BCUT2D eigenvalue weighted by molar-refractivity contribution is -0.274. The standard InChI is InChI=1S/C21H15F3N4O3/c1-12-10-18(29)17(11-25-12)26-19-15-4-2-3-5-16(15)20(30)28(27-19)13-6-8-14(9-7-13)31-21(22,23)24/h2-9,11H,10H2,1H3,(H,26,27). The predicted octanol–water partition coefficient (Wildman–Crippen LogP) is 3.97. The number of aliphatic imine (C=N–C) groups is 1. The van der Waals surface area contributed by atoms with Crippen LogP contribution in [0.15, 0.2) is 70.2 Å². The van der Waals surface area contributed by atoms with Crippen LogP contribution in [0.3, 0.4) is 0 Å². The van der Waals surface area contributed by atoms with Crippen LogP contribution >= 0.6 is 0 Å². The molecule has 3 aromatic rings. The van der Waals surface area contributed by atoms with Gasteiger partial charge in [0, 0.05) is 11.1 Å². The fraction of sp³-hybridized carbons (Fsp3) is 0.143. The van der Waals surface area contributed by atoms with Crippen molar-refractivity contribution < 1.29 is 22.7 Å². The number of rotatable bonds is 4. The zero-order chi connectivity index (χ0) is 22.2. The van der Waals surface area contributed by atoms with Gasteiger partial charge in [-0.3, -0.25) is 14.6 Å². The van der Waals surface area contributed by atoms with E-state index in [4.69, 9.17) is 0 Å². The summed E-state index contributed by atoms with van der Waals surface area (Å²) < 4.78 is 42.1. The van der Waals surface area contributed by atoms with E-state index < -0.39 is 17.7 Å². The van der Waals surface area contributed by atoms with Crippen molar-refractivity contribution >= 4 is 28.1 Å². The highest BCUT2D eigenvalue weighted by molar-refractivity contribution is 6.12. The van der Waals surface area contributed by atoms with Crippen LogP contribution in [0.1, 0.15) is 13.3 Å². The van der Waals surface area contributed by atoms with Crippen LogP contribution in [0.5, 0.6) is 5.75 Å². The van der Waals surface area contributed by atoms with Gasteiger partial charge in [-0.2, -0.15) is 4.68 Å². The first-order chi connectivity index (χ1) is 14.7. The molecule has 31 heavy (non-hydrogen) atoms. The van der Waals surface area contributed by atoms with E-state index in [2.05, 4.69) is 20.1 Å². The van der Waals surface area contributed by atoms with Crippen molar-refractivity contribution in [3.8, 4) is 11.4 Å². The molecule has 1 N–H and O–H groups in total. The quantitative estimate of drug-likeness (QED) is 0.680. The number of anilines is 1. The summed E-state index contributed by atoms with van der Waals surface area (Å²) >= 11 is 0. The smallest absolute Gasteiger partial charge is 0.406 e. The first-order valence-electron chi connectivity index (χ1n) is 9.13. The molecule has 0 saturated heterocycles. The molecule has 0 aliphatic carbocycles. The molecule has 1 aliphatic heterocycles. The van der Waals surface area contributed by atoms with Gasteiger partial charge in [-0.05, 0) is 37.3 Å². The third kappa shape index (κ3) is 4.32. The topological polar surface area (TPSA) is 85.6 Å². The maximum atomic E-state index is 13.0. The lowest BCUT2D eigenvalue weighted by Crippen LogP contribution is -2.24. The lowest BCUT2D eigenvalue weighted by Gasteiger charge is -2.16. The van der Waals surface area contributed by atoms with E-state index in [-0.39, 0.29) is 29.4 Å². The second kappa shape index (κ2) is 7.71. The molecule has 0 spiro atoms. The van der Waals surface area contributed by atoms with Gasteiger partial charge in [0.15, 0.2) is 11.6 Å². The fourth-order valence-electron chi connectivity index (χ4n) is 3.10. The summed E-state index contributed by atoms with van der Waals surface area (Å²) in [5.41, 5.74) is 0.663. The van der Waals surface area contributed by atoms with E-state index in [1.54, 1.807) is 31.2 Å². The average Bonchev–Trinajstić information content (AvgIpc) is 2.71. The number of Topliss-reactive ketones (excluding diaryl/α,β-unsaturated/α-hetero) is 1. The molecule has 2 heterocycles. The molecule has 1 aliphatic rings. The maximum absolute atomic E-state index is 13.0. The first kappa shape index (κ1) is 20.3. The van der Waals surface area contributed by atoms with Gasteiger partial charge in [-0.25, -0.2) is 0 Å². The molecule has 1 aromatic heterocycles. The van der Waals surface area contributed by atoms with Gasteiger partial charge in [0.1, 0.15) is 11.4 Å². The normalized spacial score (nSPS) is 14.3. The van der Waals surface area contributed by atoms with Crippen molar-refractivity contribution in [2.75, 3.05) is 5.32 Å². The summed E-state index contributed by atoms with van der Waals surface area (Å²) in [7, 11) is 0. The monoisotopic (exact) mass is 428 g/mol. The first-order valence-corrected chi connectivity index (χ1v) is 9.13. The molecule has 4 rings (SSSR count). The summed E-state index contributed by atoms with van der Waals surface area (Å²) in [5, 5.41) is 8.05. The summed E-state index contributed by atoms with van der Waals surface area (Å²) in [6.45, 7) is 1.74. The van der Waals surface area contributed by atoms with Gasteiger partial charge in [0.25, 0.3) is 5.56 Å². The molecule has 158 valence electrons. The van der Waals surface area contributed by atoms with Gasteiger partial charge in [-0.1, -0.05) is 18.2 Å². The molecular weight excluding hydrogens is 413 g/mol. The fourth-order valence-corrected chi connectivity index (χ4v) is 3.10. The largest absolute Gasteiger partial charge is 0.573 e. The van der Waals surface area contributed by atoms with Crippen LogP contribution in [-0.4, -0.2) is 27.6 Å². The summed E-state index contributed by atoms with van der Waals surface area (Å²) in [6.07, 6.45) is -3.26. The van der Waals surface area contributed by atoms with Gasteiger partial charge >= 0.3 is 6.36 Å². The number of fused-ring (bicyclic) bond motifs is 1. The number of nitrogens with zero attached hydrogens (tertiary/aromatic N) is 3. The van der Waals surface area contributed by atoms with Crippen molar-refractivity contribution in [1.29, 1.82) is 0 Å². The van der Waals surface area contributed by atoms with Crippen molar-refractivity contribution in [1.82, 2.24) is 9.78 Å². The molecule has 2 aromatic carbocycles. The number of hydrogen-bond acceptors (Lipinski definition) is 6. The van der Waals surface area contributed by atoms with E-state index in [1.165, 1.54) is 18.3 Å². The number of ketones is 1. The van der Waals surface area contributed by atoms with Gasteiger partial charge in [0.05, 0.1) is 23.7 Å². The summed E-state index contributed by atoms with van der Waals surface area (Å²) in [6, 6.07) is 11.4. The van der Waals surface area contributed by atoms with E-state index in [0.717, 1.165) is 16.8 Å². The SMILES string of the molecule is CC1=NC=C(Nc2nn(-c3ccc(OC(F)(F)F)cc3)c(=O)c3ccccc23)C(=O)C1. The maximum Gasteiger partial charge on any atom is 0.573 e. The van der Waals surface area contributed by atoms with Crippen molar-refractivity contribution in [3.05, 3.63) is 70.8 Å². The van der Waals surface area contributed by atoms with Crippen LogP contribution in [0.4, 0.5) is 19.0 Å². The van der Waals surface area contributed by atoms with Crippen LogP contribution in [0, 0.1) is 0 Å². The molecular formula is C21H15F3N4O3. The van der Waals surface area contributed by atoms with E-state index in [9.17, 15) is 22.8 Å². The predicted molar refractivity (Wildman–Crippen MR) is 108 cm³/mol. The van der Waals surface area contributed by atoms with Crippen molar-refractivity contribution in [2.45, 2.75) is 19.7 Å². The molecule has 0 bridgehead atoms. The Morgan fingerprint density at radius 3 is 2.35 bits per heavy atom. The van der Waals surface area contributed by atoms with Gasteiger partial charge in [-0.15, -0.1) is 18.3 Å². The second-order valence-electron chi connectivity index (χ2n) is 6.78. The number of aromatic nitrogens is 2. The zero-order valence-electron chi connectivity index (χ0n) is 16.1. The van der Waals surface area contributed by atoms with E-state index in [0.29, 0.717) is 16.5 Å². The highest BCUT2D eigenvalue weighted by Crippen LogP contribution is 2.25. The molecule has 7 nitrogen and oxygen atoms in total. The van der Waals surface area contributed by atoms with Crippen molar-refractivity contribution in [3.63, 3.8) is 0 Å². The Kier molecular flexibility index (Phi) is 5.05. The lowest BCUT2D eigenvalue weighted by atomic mass is 10.1. The highest BCUT2D eigenvalue weighted by atomic mass is 19.4. The van der Waals surface area contributed by atoms with Crippen LogP contribution in [0.2, 0.25) is 0 Å². The van der Waals surface area contributed by atoms with Crippen LogP contribution in [-0.2, 0) is 4.79 Å². The Bertz CT molecular complexity index is 1290. The second-order valence-corrected chi connectivity index (χ2v) is 6.78. The van der Waals surface area contributed by atoms with Gasteiger partial charge < -0.3 is 10.1 Å². The molecule has 0 fully saturated rings. The van der Waals surface area contributed by atoms with Crippen molar-refractivity contribution in [2.24, 2.45) is 4.99 Å². The number of benzene rings is 2. The Balaban J connectivity index is 1.79. The summed E-state index contributed by atoms with van der Waals surface area (Å²) in [5.74, 6) is -0.361. The number of alkyl halides is 3. The third-order valence-electron chi connectivity index (χ3n) is 4.50. The highest BCUT2D eigenvalue weighted by Gasteiger charge is 2.31. The number of halogens is 3. The average molecular weight is 428 g/mol. The Morgan fingerprint density at radius 2 is 1.71 bits per heavy atom.